The van der Waals surface area contributed by atoms with E-state index in [-0.39, 0.29) is 0 Å². The molecule has 2 heteroatoms. The molecular formula is C8H17N2. The molecule has 10 heavy (non-hydrogen) atoms. The third-order valence-corrected chi connectivity index (χ3v) is 1.85. The number of hydrogen-bond donors (Lipinski definition) is 1. The second-order valence-electron chi connectivity index (χ2n) is 3.49. The SMILES string of the molecule is C[C](C)CN1CC[C@@H](N)C1. The number of nitrogens with zero attached hydrogens (tertiary/aromatic N) is 1. The Morgan fingerprint density at radius 2 is 2.30 bits per heavy atom. The summed E-state index contributed by atoms with van der Waals surface area (Å²) in [5.41, 5.74) is 5.75. The predicted octanol–water partition coefficient (Wildman–Crippen LogP) is 0.634. The highest BCUT2D eigenvalue weighted by molar-refractivity contribution is 4.87. The van der Waals surface area contributed by atoms with Crippen molar-refractivity contribution in [2.24, 2.45) is 5.73 Å². The fourth-order valence-electron chi connectivity index (χ4n) is 1.45. The van der Waals surface area contributed by atoms with Gasteiger partial charge in [-0.1, -0.05) is 13.8 Å². The quantitative estimate of drug-likeness (QED) is 0.611. The molecule has 1 heterocycles. The van der Waals surface area contributed by atoms with E-state index in [0.29, 0.717) is 6.04 Å². The van der Waals surface area contributed by atoms with E-state index < -0.39 is 0 Å². The van der Waals surface area contributed by atoms with Gasteiger partial charge in [0, 0.05) is 19.1 Å². The number of rotatable bonds is 2. The summed E-state index contributed by atoms with van der Waals surface area (Å²) in [5.74, 6) is 1.48. The summed E-state index contributed by atoms with van der Waals surface area (Å²) in [6, 6.07) is 0.430. The Hall–Kier alpha value is -0.0800. The van der Waals surface area contributed by atoms with Crippen LogP contribution >= 0.6 is 0 Å². The monoisotopic (exact) mass is 141 g/mol. The van der Waals surface area contributed by atoms with Crippen molar-refractivity contribution >= 4 is 0 Å². The zero-order valence-electron chi connectivity index (χ0n) is 6.93. The van der Waals surface area contributed by atoms with Gasteiger partial charge in [0.1, 0.15) is 0 Å². The molecule has 0 bridgehead atoms. The Morgan fingerprint density at radius 3 is 2.70 bits per heavy atom. The lowest BCUT2D eigenvalue weighted by Crippen LogP contribution is -2.28. The number of likely N-dealkylation sites (tertiary alicyclic amines) is 1. The smallest absolute Gasteiger partial charge is 0.0180 e. The van der Waals surface area contributed by atoms with Crippen molar-refractivity contribution in [2.75, 3.05) is 19.6 Å². The molecule has 0 unspecified atom stereocenters. The topological polar surface area (TPSA) is 29.3 Å². The van der Waals surface area contributed by atoms with Gasteiger partial charge in [-0.2, -0.15) is 0 Å². The lowest BCUT2D eigenvalue weighted by Gasteiger charge is -2.16. The summed E-state index contributed by atoms with van der Waals surface area (Å²) < 4.78 is 0. The van der Waals surface area contributed by atoms with Gasteiger partial charge in [0.25, 0.3) is 0 Å². The first-order valence-corrected chi connectivity index (χ1v) is 3.95. The molecule has 0 amide bonds. The summed E-state index contributed by atoms with van der Waals surface area (Å²) in [7, 11) is 0. The zero-order valence-corrected chi connectivity index (χ0v) is 6.93. The molecule has 1 fully saturated rings. The third-order valence-electron chi connectivity index (χ3n) is 1.85. The van der Waals surface area contributed by atoms with Crippen LogP contribution < -0.4 is 5.73 Å². The molecule has 59 valence electrons. The fourth-order valence-corrected chi connectivity index (χ4v) is 1.45. The van der Waals surface area contributed by atoms with Gasteiger partial charge in [0.05, 0.1) is 0 Å². The van der Waals surface area contributed by atoms with Gasteiger partial charge in [0.15, 0.2) is 0 Å². The molecule has 1 aliphatic rings. The summed E-state index contributed by atoms with van der Waals surface area (Å²) in [5, 5.41) is 0. The summed E-state index contributed by atoms with van der Waals surface area (Å²) in [4.78, 5) is 2.42. The molecule has 1 rings (SSSR count). The van der Waals surface area contributed by atoms with E-state index in [0.717, 1.165) is 13.1 Å². The predicted molar refractivity (Wildman–Crippen MR) is 43.6 cm³/mol. The zero-order chi connectivity index (χ0) is 7.56. The Morgan fingerprint density at radius 1 is 1.60 bits per heavy atom. The van der Waals surface area contributed by atoms with E-state index >= 15 is 0 Å². The van der Waals surface area contributed by atoms with Crippen molar-refractivity contribution in [3.05, 3.63) is 5.92 Å². The van der Waals surface area contributed by atoms with Gasteiger partial charge < -0.3 is 10.6 Å². The van der Waals surface area contributed by atoms with Gasteiger partial charge in [-0.25, -0.2) is 0 Å². The second-order valence-corrected chi connectivity index (χ2v) is 3.49. The first-order valence-electron chi connectivity index (χ1n) is 3.95. The van der Waals surface area contributed by atoms with E-state index in [2.05, 4.69) is 18.7 Å². The van der Waals surface area contributed by atoms with E-state index in [9.17, 15) is 0 Å². The van der Waals surface area contributed by atoms with E-state index in [4.69, 9.17) is 5.73 Å². The minimum atomic E-state index is 0.430. The molecule has 0 aromatic heterocycles. The molecule has 1 aliphatic heterocycles. The van der Waals surface area contributed by atoms with Gasteiger partial charge in [-0.3, -0.25) is 0 Å². The van der Waals surface area contributed by atoms with Crippen LogP contribution in [0.1, 0.15) is 20.3 Å². The van der Waals surface area contributed by atoms with E-state index in [1.807, 2.05) is 0 Å². The van der Waals surface area contributed by atoms with Crippen LogP contribution in [0.2, 0.25) is 0 Å². The van der Waals surface area contributed by atoms with Crippen LogP contribution in [0, 0.1) is 5.92 Å². The van der Waals surface area contributed by atoms with Crippen molar-refractivity contribution < 1.29 is 0 Å². The largest absolute Gasteiger partial charge is 0.326 e. The fraction of sp³-hybridized carbons (Fsp3) is 0.875. The van der Waals surface area contributed by atoms with Gasteiger partial charge in [-0.15, -0.1) is 0 Å². The molecule has 0 aromatic rings. The average Bonchev–Trinajstić information content (AvgIpc) is 2.13. The highest BCUT2D eigenvalue weighted by Crippen LogP contribution is 2.09. The normalized spacial score (nSPS) is 28.2. The van der Waals surface area contributed by atoms with Crippen molar-refractivity contribution in [2.45, 2.75) is 26.3 Å². The summed E-state index contributed by atoms with van der Waals surface area (Å²) in [6.07, 6.45) is 1.17. The maximum Gasteiger partial charge on any atom is 0.0180 e. The highest BCUT2D eigenvalue weighted by Gasteiger charge is 2.18. The van der Waals surface area contributed by atoms with Crippen molar-refractivity contribution in [1.82, 2.24) is 4.90 Å². The average molecular weight is 141 g/mol. The Kier molecular flexibility index (Phi) is 2.69. The minimum Gasteiger partial charge on any atom is -0.326 e. The molecule has 1 radical (unpaired) electrons. The molecule has 2 nitrogen and oxygen atoms in total. The standard InChI is InChI=1S/C8H17N2/c1-7(2)5-10-4-3-8(9)6-10/h8H,3-6,9H2,1-2H3/t8-/m1/s1. The Bertz CT molecular complexity index is 101. The summed E-state index contributed by atoms with van der Waals surface area (Å²) >= 11 is 0. The number of hydrogen-bond acceptors (Lipinski definition) is 2. The molecular weight excluding hydrogens is 124 g/mol. The van der Waals surface area contributed by atoms with Crippen LogP contribution in [0.4, 0.5) is 0 Å². The molecule has 2 N–H and O–H groups in total. The minimum absolute atomic E-state index is 0.430. The number of nitrogens with two attached hydrogens (primary N) is 1. The lowest BCUT2D eigenvalue weighted by molar-refractivity contribution is 0.347. The lowest BCUT2D eigenvalue weighted by atomic mass is 10.2. The molecule has 0 spiro atoms. The maximum atomic E-state index is 5.75. The van der Waals surface area contributed by atoms with E-state index in [1.54, 1.807) is 0 Å². The van der Waals surface area contributed by atoms with Crippen molar-refractivity contribution in [3.63, 3.8) is 0 Å². The van der Waals surface area contributed by atoms with Crippen molar-refractivity contribution in [1.29, 1.82) is 0 Å². The van der Waals surface area contributed by atoms with E-state index in [1.165, 1.54) is 18.9 Å². The molecule has 1 saturated heterocycles. The molecule has 0 saturated carbocycles. The van der Waals surface area contributed by atoms with Crippen LogP contribution in [0.25, 0.3) is 0 Å². The van der Waals surface area contributed by atoms with Gasteiger partial charge in [0.2, 0.25) is 0 Å². The van der Waals surface area contributed by atoms with Crippen molar-refractivity contribution in [3.8, 4) is 0 Å². The van der Waals surface area contributed by atoms with Crippen LogP contribution in [-0.2, 0) is 0 Å². The highest BCUT2D eigenvalue weighted by atomic mass is 15.2. The van der Waals surface area contributed by atoms with Gasteiger partial charge in [-0.05, 0) is 18.9 Å². The molecule has 0 aromatic carbocycles. The maximum absolute atomic E-state index is 5.75. The first-order chi connectivity index (χ1) is 4.68. The van der Waals surface area contributed by atoms with Crippen LogP contribution in [0.5, 0.6) is 0 Å². The van der Waals surface area contributed by atoms with Crippen LogP contribution in [0.15, 0.2) is 0 Å². The Balaban J connectivity index is 2.18. The Labute approximate surface area is 63.4 Å². The first kappa shape index (κ1) is 8.02. The third kappa shape index (κ3) is 2.27. The van der Waals surface area contributed by atoms with Gasteiger partial charge >= 0.3 is 0 Å². The van der Waals surface area contributed by atoms with Crippen LogP contribution in [-0.4, -0.2) is 30.6 Å². The van der Waals surface area contributed by atoms with Crippen LogP contribution in [0.3, 0.4) is 0 Å². The second kappa shape index (κ2) is 3.35. The molecule has 1 atom stereocenters. The summed E-state index contributed by atoms with van der Waals surface area (Å²) in [6.45, 7) is 7.75. The molecule has 0 aliphatic carbocycles.